The first-order valence-electron chi connectivity index (χ1n) is 8.26. The molecule has 0 N–H and O–H groups in total. The van der Waals surface area contributed by atoms with Gasteiger partial charge >= 0.3 is 0 Å². The normalized spacial score (nSPS) is 14.6. The number of rotatable bonds is 3. The van der Waals surface area contributed by atoms with E-state index in [0.29, 0.717) is 18.8 Å². The summed E-state index contributed by atoms with van der Waals surface area (Å²) in [6.07, 6.45) is 3.12. The molecule has 1 aromatic carbocycles. The third kappa shape index (κ3) is 3.24. The van der Waals surface area contributed by atoms with E-state index in [1.165, 1.54) is 6.26 Å². The number of anilines is 1. The summed E-state index contributed by atoms with van der Waals surface area (Å²) < 4.78 is 5.20. The number of hydrogen-bond donors (Lipinski definition) is 0. The summed E-state index contributed by atoms with van der Waals surface area (Å²) >= 11 is 0. The van der Waals surface area contributed by atoms with Gasteiger partial charge in [0.2, 0.25) is 0 Å². The van der Waals surface area contributed by atoms with Gasteiger partial charge in [-0.3, -0.25) is 4.79 Å². The number of benzene rings is 1. The molecule has 1 fully saturated rings. The quantitative estimate of drug-likeness (QED) is 0.737. The number of carbonyl (C=O) groups excluding carboxylic acids is 1. The number of carbonyl (C=O) groups is 1. The molecule has 0 atom stereocenters. The fourth-order valence-electron chi connectivity index (χ4n) is 2.98. The first kappa shape index (κ1) is 15.4. The lowest BCUT2D eigenvalue weighted by Crippen LogP contribution is -2.49. The van der Waals surface area contributed by atoms with Gasteiger partial charge in [-0.25, -0.2) is 9.97 Å². The molecule has 126 valence electrons. The third-order valence-corrected chi connectivity index (χ3v) is 4.35. The molecule has 3 aromatic rings. The first-order chi connectivity index (χ1) is 12.3. The van der Waals surface area contributed by atoms with Crippen LogP contribution in [-0.2, 0) is 0 Å². The van der Waals surface area contributed by atoms with Gasteiger partial charge in [0.1, 0.15) is 12.1 Å². The van der Waals surface area contributed by atoms with Crippen molar-refractivity contribution in [2.75, 3.05) is 31.1 Å². The Bertz CT molecular complexity index is 841. The molecule has 1 amide bonds. The van der Waals surface area contributed by atoms with Crippen molar-refractivity contribution in [1.29, 1.82) is 0 Å². The van der Waals surface area contributed by atoms with E-state index in [1.54, 1.807) is 18.5 Å². The Labute approximate surface area is 145 Å². The molecule has 1 saturated heterocycles. The van der Waals surface area contributed by atoms with Crippen molar-refractivity contribution >= 4 is 11.7 Å². The smallest absolute Gasteiger partial charge is 0.289 e. The van der Waals surface area contributed by atoms with Gasteiger partial charge in [-0.2, -0.15) is 0 Å². The second-order valence-corrected chi connectivity index (χ2v) is 5.88. The Morgan fingerprint density at radius 1 is 0.960 bits per heavy atom. The van der Waals surface area contributed by atoms with Gasteiger partial charge in [0.25, 0.3) is 5.91 Å². The van der Waals surface area contributed by atoms with Gasteiger partial charge in [-0.1, -0.05) is 30.3 Å². The van der Waals surface area contributed by atoms with Crippen LogP contribution >= 0.6 is 0 Å². The van der Waals surface area contributed by atoms with Gasteiger partial charge in [-0.15, -0.1) is 0 Å². The Morgan fingerprint density at radius 2 is 1.76 bits per heavy atom. The van der Waals surface area contributed by atoms with Crippen LogP contribution in [0.3, 0.4) is 0 Å². The highest BCUT2D eigenvalue weighted by atomic mass is 16.3. The zero-order valence-electron chi connectivity index (χ0n) is 13.7. The number of piperazine rings is 1. The summed E-state index contributed by atoms with van der Waals surface area (Å²) in [6, 6.07) is 15.5. The zero-order chi connectivity index (χ0) is 17.1. The molecule has 3 heterocycles. The molecule has 0 bridgehead atoms. The molecule has 6 heteroatoms. The van der Waals surface area contributed by atoms with Gasteiger partial charge in [0, 0.05) is 37.8 Å². The molecule has 0 unspecified atom stereocenters. The molecule has 4 rings (SSSR count). The summed E-state index contributed by atoms with van der Waals surface area (Å²) in [5.41, 5.74) is 1.97. The lowest BCUT2D eigenvalue weighted by Gasteiger charge is -2.35. The van der Waals surface area contributed by atoms with Crippen molar-refractivity contribution in [3.8, 4) is 11.3 Å². The van der Waals surface area contributed by atoms with Gasteiger partial charge in [-0.05, 0) is 12.1 Å². The van der Waals surface area contributed by atoms with Crippen LogP contribution in [0.5, 0.6) is 0 Å². The SMILES string of the molecule is O=C(c1ccco1)N1CCN(c2cc(-c3ccccc3)ncn2)CC1. The predicted molar refractivity (Wildman–Crippen MR) is 94.3 cm³/mol. The van der Waals surface area contributed by atoms with Crippen LogP contribution < -0.4 is 4.90 Å². The molecule has 25 heavy (non-hydrogen) atoms. The fourth-order valence-corrected chi connectivity index (χ4v) is 2.98. The molecular formula is C19H18N4O2. The molecule has 0 saturated carbocycles. The minimum atomic E-state index is -0.0580. The van der Waals surface area contributed by atoms with Crippen molar-refractivity contribution in [3.05, 3.63) is 66.9 Å². The molecule has 1 aliphatic heterocycles. The summed E-state index contributed by atoms with van der Waals surface area (Å²) in [5.74, 6) is 1.22. The lowest BCUT2D eigenvalue weighted by atomic mass is 10.1. The van der Waals surface area contributed by atoms with Crippen LogP contribution in [0.25, 0.3) is 11.3 Å². The average Bonchev–Trinajstić information content (AvgIpc) is 3.23. The zero-order valence-corrected chi connectivity index (χ0v) is 13.7. The maximum absolute atomic E-state index is 12.3. The highest BCUT2D eigenvalue weighted by molar-refractivity contribution is 5.91. The predicted octanol–water partition coefficient (Wildman–Crippen LogP) is 2.70. The summed E-state index contributed by atoms with van der Waals surface area (Å²) in [7, 11) is 0. The van der Waals surface area contributed by atoms with Crippen molar-refractivity contribution in [2.45, 2.75) is 0 Å². The molecule has 6 nitrogen and oxygen atoms in total. The maximum Gasteiger partial charge on any atom is 0.289 e. The first-order valence-corrected chi connectivity index (χ1v) is 8.26. The number of furan rings is 1. The number of amides is 1. The van der Waals surface area contributed by atoms with E-state index in [-0.39, 0.29) is 5.91 Å². The topological polar surface area (TPSA) is 62.5 Å². The highest BCUT2D eigenvalue weighted by Gasteiger charge is 2.24. The minimum Gasteiger partial charge on any atom is -0.459 e. The Balaban J connectivity index is 1.45. The average molecular weight is 334 g/mol. The van der Waals surface area contributed by atoms with E-state index in [1.807, 2.05) is 41.3 Å². The summed E-state index contributed by atoms with van der Waals surface area (Å²) in [4.78, 5) is 25.1. The largest absolute Gasteiger partial charge is 0.459 e. The minimum absolute atomic E-state index is 0.0580. The Hall–Kier alpha value is -3.15. The standard InChI is InChI=1S/C19H18N4O2/c24-19(17-7-4-12-25-17)23-10-8-22(9-11-23)18-13-16(20-14-21-18)15-5-2-1-3-6-15/h1-7,12-14H,8-11H2. The van der Waals surface area contributed by atoms with E-state index in [0.717, 1.165) is 30.2 Å². The van der Waals surface area contributed by atoms with Gasteiger partial charge in [0.05, 0.1) is 12.0 Å². The highest BCUT2D eigenvalue weighted by Crippen LogP contribution is 2.21. The monoisotopic (exact) mass is 334 g/mol. The molecule has 0 aliphatic carbocycles. The van der Waals surface area contributed by atoms with Crippen LogP contribution in [0.4, 0.5) is 5.82 Å². The molecule has 2 aromatic heterocycles. The van der Waals surface area contributed by atoms with Crippen molar-refractivity contribution in [3.63, 3.8) is 0 Å². The van der Waals surface area contributed by atoms with Crippen LogP contribution in [0, 0.1) is 0 Å². The van der Waals surface area contributed by atoms with Gasteiger partial charge < -0.3 is 14.2 Å². The third-order valence-electron chi connectivity index (χ3n) is 4.35. The lowest BCUT2D eigenvalue weighted by molar-refractivity contribution is 0.0714. The fraction of sp³-hybridized carbons (Fsp3) is 0.211. The molecule has 0 spiro atoms. The van der Waals surface area contributed by atoms with E-state index >= 15 is 0 Å². The van der Waals surface area contributed by atoms with Crippen LogP contribution in [0.15, 0.2) is 65.5 Å². The van der Waals surface area contributed by atoms with E-state index < -0.39 is 0 Å². The summed E-state index contributed by atoms with van der Waals surface area (Å²) in [6.45, 7) is 2.75. The molecule has 0 radical (unpaired) electrons. The second-order valence-electron chi connectivity index (χ2n) is 5.88. The second kappa shape index (κ2) is 6.76. The summed E-state index contributed by atoms with van der Waals surface area (Å²) in [5, 5.41) is 0. The Morgan fingerprint density at radius 3 is 2.48 bits per heavy atom. The van der Waals surface area contributed by atoms with E-state index in [2.05, 4.69) is 14.9 Å². The van der Waals surface area contributed by atoms with Crippen LogP contribution in [0.1, 0.15) is 10.6 Å². The maximum atomic E-state index is 12.3. The van der Waals surface area contributed by atoms with Crippen LogP contribution in [0.2, 0.25) is 0 Å². The van der Waals surface area contributed by atoms with E-state index in [9.17, 15) is 4.79 Å². The molecule has 1 aliphatic rings. The van der Waals surface area contributed by atoms with E-state index in [4.69, 9.17) is 4.42 Å². The number of aromatic nitrogens is 2. The Kier molecular flexibility index (Phi) is 4.16. The number of nitrogens with zero attached hydrogens (tertiary/aromatic N) is 4. The molecular weight excluding hydrogens is 316 g/mol. The van der Waals surface area contributed by atoms with Gasteiger partial charge in [0.15, 0.2) is 5.76 Å². The van der Waals surface area contributed by atoms with Crippen molar-refractivity contribution < 1.29 is 9.21 Å². The van der Waals surface area contributed by atoms with Crippen molar-refractivity contribution in [2.24, 2.45) is 0 Å². The van der Waals surface area contributed by atoms with Crippen LogP contribution in [-0.4, -0.2) is 47.0 Å². The number of hydrogen-bond acceptors (Lipinski definition) is 5. The van der Waals surface area contributed by atoms with Crippen molar-refractivity contribution in [1.82, 2.24) is 14.9 Å².